The van der Waals surface area contributed by atoms with E-state index in [1.807, 2.05) is 6.07 Å². The minimum Gasteiger partial charge on any atom is -0.369 e. The van der Waals surface area contributed by atoms with E-state index in [4.69, 9.17) is 5.73 Å². The van der Waals surface area contributed by atoms with Crippen LogP contribution in [0.3, 0.4) is 0 Å². The summed E-state index contributed by atoms with van der Waals surface area (Å²) in [6.07, 6.45) is 4.69. The third kappa shape index (κ3) is 1.36. The molecule has 1 unspecified atom stereocenters. The minimum absolute atomic E-state index is 0.442. The molecule has 5 heteroatoms. The second-order valence-corrected chi connectivity index (χ2v) is 4.41. The summed E-state index contributed by atoms with van der Waals surface area (Å²) in [6.45, 7) is 2.16. The van der Waals surface area contributed by atoms with Gasteiger partial charge in [0, 0.05) is 12.7 Å². The molecule has 5 nitrogen and oxygen atoms in total. The number of hydrogen-bond acceptors (Lipinski definition) is 4. The summed E-state index contributed by atoms with van der Waals surface area (Å²) in [6, 6.07) is 2.43. The topological polar surface area (TPSA) is 60.0 Å². The maximum atomic E-state index is 5.98. The average Bonchev–Trinajstić information content (AvgIpc) is 2.80. The van der Waals surface area contributed by atoms with Gasteiger partial charge < -0.3 is 15.2 Å². The highest BCUT2D eigenvalue weighted by atomic mass is 15.2. The van der Waals surface area contributed by atoms with Crippen LogP contribution in [0, 0.1) is 0 Å². The number of imidazole rings is 1. The van der Waals surface area contributed by atoms with Gasteiger partial charge in [0.1, 0.15) is 5.52 Å². The molecule has 0 aromatic carbocycles. The zero-order valence-electron chi connectivity index (χ0n) is 9.30. The summed E-state index contributed by atoms with van der Waals surface area (Å²) in [5.74, 6) is 0.600. The number of likely N-dealkylation sites (tertiary alicyclic amines) is 1. The van der Waals surface area contributed by atoms with Crippen LogP contribution >= 0.6 is 0 Å². The molecule has 1 saturated heterocycles. The molecule has 0 radical (unpaired) electrons. The zero-order chi connectivity index (χ0) is 11.1. The first-order valence-corrected chi connectivity index (χ1v) is 5.51. The second-order valence-electron chi connectivity index (χ2n) is 4.41. The minimum atomic E-state index is 0.442. The SMILES string of the molecule is CN1CCC(n2c(N)nc3cnccc32)C1. The Balaban J connectivity index is 2.12. The summed E-state index contributed by atoms with van der Waals surface area (Å²) >= 11 is 0. The van der Waals surface area contributed by atoms with E-state index in [9.17, 15) is 0 Å². The first kappa shape index (κ1) is 9.59. The monoisotopic (exact) mass is 217 g/mol. The summed E-state index contributed by atoms with van der Waals surface area (Å²) < 4.78 is 2.14. The van der Waals surface area contributed by atoms with Crippen molar-refractivity contribution >= 4 is 17.0 Å². The number of nitrogens with zero attached hydrogens (tertiary/aromatic N) is 4. The van der Waals surface area contributed by atoms with Crippen LogP contribution < -0.4 is 5.73 Å². The number of anilines is 1. The van der Waals surface area contributed by atoms with E-state index >= 15 is 0 Å². The largest absolute Gasteiger partial charge is 0.369 e. The molecule has 2 N–H and O–H groups in total. The Morgan fingerprint density at radius 3 is 3.12 bits per heavy atom. The predicted molar refractivity (Wildman–Crippen MR) is 63.1 cm³/mol. The van der Waals surface area contributed by atoms with E-state index in [2.05, 4.69) is 26.5 Å². The molecule has 1 fully saturated rings. The normalized spacial score (nSPS) is 21.9. The Kier molecular flexibility index (Phi) is 2.07. The smallest absolute Gasteiger partial charge is 0.201 e. The molecular formula is C11H15N5. The van der Waals surface area contributed by atoms with Gasteiger partial charge in [-0.3, -0.25) is 4.98 Å². The van der Waals surface area contributed by atoms with Gasteiger partial charge in [0.15, 0.2) is 0 Å². The molecule has 2 aromatic rings. The summed E-state index contributed by atoms with van der Waals surface area (Å²) in [7, 11) is 2.14. The number of likely N-dealkylation sites (N-methyl/N-ethyl adjacent to an activating group) is 1. The molecule has 1 aliphatic heterocycles. The molecule has 16 heavy (non-hydrogen) atoms. The van der Waals surface area contributed by atoms with Gasteiger partial charge in [-0.1, -0.05) is 0 Å². The van der Waals surface area contributed by atoms with E-state index in [1.54, 1.807) is 12.4 Å². The van der Waals surface area contributed by atoms with Crippen LogP contribution in [0.2, 0.25) is 0 Å². The summed E-state index contributed by atoms with van der Waals surface area (Å²) in [5.41, 5.74) is 7.96. The number of rotatable bonds is 1. The van der Waals surface area contributed by atoms with Crippen molar-refractivity contribution in [3.63, 3.8) is 0 Å². The Morgan fingerprint density at radius 1 is 1.50 bits per heavy atom. The number of pyridine rings is 1. The van der Waals surface area contributed by atoms with Gasteiger partial charge in [-0.15, -0.1) is 0 Å². The molecule has 0 amide bonds. The van der Waals surface area contributed by atoms with Crippen molar-refractivity contribution in [3.8, 4) is 0 Å². The molecule has 1 aliphatic rings. The van der Waals surface area contributed by atoms with E-state index in [0.29, 0.717) is 12.0 Å². The molecule has 1 atom stereocenters. The van der Waals surface area contributed by atoms with Gasteiger partial charge in [0.25, 0.3) is 0 Å². The van der Waals surface area contributed by atoms with Crippen LogP contribution in [-0.4, -0.2) is 39.6 Å². The van der Waals surface area contributed by atoms with Crippen LogP contribution in [0.4, 0.5) is 5.95 Å². The molecule has 2 aromatic heterocycles. The second kappa shape index (κ2) is 3.45. The lowest BCUT2D eigenvalue weighted by Gasteiger charge is -2.14. The lowest BCUT2D eigenvalue weighted by molar-refractivity contribution is 0.396. The quantitative estimate of drug-likeness (QED) is 0.770. The van der Waals surface area contributed by atoms with Gasteiger partial charge in [0.2, 0.25) is 5.95 Å². The molecule has 3 heterocycles. The van der Waals surface area contributed by atoms with Crippen molar-refractivity contribution in [2.45, 2.75) is 12.5 Å². The maximum absolute atomic E-state index is 5.98. The van der Waals surface area contributed by atoms with Gasteiger partial charge in [-0.05, 0) is 26.1 Å². The number of nitrogens with two attached hydrogens (primary N) is 1. The average molecular weight is 217 g/mol. The number of hydrogen-bond donors (Lipinski definition) is 1. The Morgan fingerprint density at radius 2 is 2.38 bits per heavy atom. The van der Waals surface area contributed by atoms with E-state index in [1.165, 1.54) is 0 Å². The van der Waals surface area contributed by atoms with E-state index in [-0.39, 0.29) is 0 Å². The first-order chi connectivity index (χ1) is 7.75. The molecule has 0 aliphatic carbocycles. The third-order valence-corrected chi connectivity index (χ3v) is 3.25. The van der Waals surface area contributed by atoms with Crippen molar-refractivity contribution in [1.29, 1.82) is 0 Å². The van der Waals surface area contributed by atoms with Gasteiger partial charge in [-0.25, -0.2) is 4.98 Å². The van der Waals surface area contributed by atoms with Gasteiger partial charge >= 0.3 is 0 Å². The highest BCUT2D eigenvalue weighted by Crippen LogP contribution is 2.27. The predicted octanol–water partition coefficient (Wildman–Crippen LogP) is 0.890. The van der Waals surface area contributed by atoms with Crippen molar-refractivity contribution in [3.05, 3.63) is 18.5 Å². The number of nitrogen functional groups attached to an aromatic ring is 1. The Bertz CT molecular complexity index is 518. The van der Waals surface area contributed by atoms with Crippen LogP contribution in [0.1, 0.15) is 12.5 Å². The number of aromatic nitrogens is 3. The Labute approximate surface area is 93.9 Å². The van der Waals surface area contributed by atoms with Crippen LogP contribution in [-0.2, 0) is 0 Å². The lowest BCUT2D eigenvalue weighted by Crippen LogP contribution is -2.17. The maximum Gasteiger partial charge on any atom is 0.201 e. The first-order valence-electron chi connectivity index (χ1n) is 5.51. The standard InChI is InChI=1S/C11H15N5/c1-15-5-3-8(7-15)16-10-2-4-13-6-9(10)14-11(16)12/h2,4,6,8H,3,5,7H2,1H3,(H2,12,14). The van der Waals surface area contributed by atoms with Crippen LogP contribution in [0.15, 0.2) is 18.5 Å². The molecule has 0 saturated carbocycles. The van der Waals surface area contributed by atoms with Crippen molar-refractivity contribution in [2.24, 2.45) is 0 Å². The van der Waals surface area contributed by atoms with E-state index in [0.717, 1.165) is 30.5 Å². The molecule has 0 spiro atoms. The zero-order valence-corrected chi connectivity index (χ0v) is 9.30. The lowest BCUT2D eigenvalue weighted by atomic mass is 10.2. The Hall–Kier alpha value is -1.62. The molecule has 84 valence electrons. The highest BCUT2D eigenvalue weighted by molar-refractivity contribution is 5.77. The van der Waals surface area contributed by atoms with E-state index < -0.39 is 0 Å². The summed E-state index contributed by atoms with van der Waals surface area (Å²) in [4.78, 5) is 10.7. The van der Waals surface area contributed by atoms with Gasteiger partial charge in [-0.2, -0.15) is 0 Å². The summed E-state index contributed by atoms with van der Waals surface area (Å²) in [5, 5.41) is 0. The van der Waals surface area contributed by atoms with Crippen molar-refractivity contribution in [1.82, 2.24) is 19.4 Å². The molecule has 3 rings (SSSR count). The third-order valence-electron chi connectivity index (χ3n) is 3.25. The molecular weight excluding hydrogens is 202 g/mol. The van der Waals surface area contributed by atoms with Crippen LogP contribution in [0.5, 0.6) is 0 Å². The fourth-order valence-corrected chi connectivity index (χ4v) is 2.48. The van der Waals surface area contributed by atoms with Crippen LogP contribution in [0.25, 0.3) is 11.0 Å². The van der Waals surface area contributed by atoms with Crippen molar-refractivity contribution in [2.75, 3.05) is 25.9 Å². The fourth-order valence-electron chi connectivity index (χ4n) is 2.48. The molecule has 0 bridgehead atoms. The van der Waals surface area contributed by atoms with Gasteiger partial charge in [0.05, 0.1) is 17.8 Å². The highest BCUT2D eigenvalue weighted by Gasteiger charge is 2.24. The van der Waals surface area contributed by atoms with Crippen molar-refractivity contribution < 1.29 is 0 Å². The fraction of sp³-hybridized carbons (Fsp3) is 0.455. The number of fused-ring (bicyclic) bond motifs is 1.